The number of hydrogen-bond acceptors (Lipinski definition) is 6. The molecule has 0 unspecified atom stereocenters. The van der Waals surface area contributed by atoms with Crippen molar-refractivity contribution >= 4 is 52.0 Å². The summed E-state index contributed by atoms with van der Waals surface area (Å²) in [5.74, 6) is -3.64. The third kappa shape index (κ3) is 8.30. The van der Waals surface area contributed by atoms with E-state index in [1.165, 1.54) is 0 Å². The number of para-hydroxylation sites is 1. The number of benzene rings is 2. The van der Waals surface area contributed by atoms with Crippen LogP contribution in [0.5, 0.6) is 0 Å². The highest BCUT2D eigenvalue weighted by Crippen LogP contribution is 2.31. The number of amides is 4. The highest BCUT2D eigenvalue weighted by Gasteiger charge is 2.36. The predicted molar refractivity (Wildman–Crippen MR) is 169 cm³/mol. The van der Waals surface area contributed by atoms with Crippen LogP contribution in [-0.4, -0.2) is 48.0 Å². The molecule has 4 amide bonds. The Hall–Kier alpha value is -4.18. The molecule has 45 heavy (non-hydrogen) atoms. The Morgan fingerprint density at radius 3 is 2.33 bits per heavy atom. The average molecular weight is 635 g/mol. The largest absolute Gasteiger partial charge is 0.449 e. The molecule has 1 saturated heterocycles. The zero-order chi connectivity index (χ0) is 31.8. The second kappa shape index (κ2) is 15.2. The lowest BCUT2D eigenvalue weighted by Crippen LogP contribution is -2.55. The van der Waals surface area contributed by atoms with E-state index in [-0.39, 0.29) is 35.6 Å². The molecule has 3 atom stereocenters. The predicted octanol–water partition coefficient (Wildman–Crippen LogP) is 4.44. The molecule has 238 valence electrons. The van der Waals surface area contributed by atoms with Gasteiger partial charge in [-0.25, -0.2) is 0 Å². The van der Waals surface area contributed by atoms with Crippen molar-refractivity contribution in [3.05, 3.63) is 70.9 Å². The van der Waals surface area contributed by atoms with Crippen molar-refractivity contribution in [3.8, 4) is 0 Å². The number of carbonyl (C=O) groups is 5. The molecule has 1 aromatic heterocycles. The lowest BCUT2D eigenvalue weighted by molar-refractivity contribution is -0.141. The van der Waals surface area contributed by atoms with E-state index in [1.807, 2.05) is 30.3 Å². The zero-order valence-corrected chi connectivity index (χ0v) is 25.9. The van der Waals surface area contributed by atoms with Gasteiger partial charge in [-0.3, -0.25) is 24.0 Å². The highest BCUT2D eigenvalue weighted by atomic mass is 35.5. The van der Waals surface area contributed by atoms with Crippen molar-refractivity contribution in [2.75, 3.05) is 6.54 Å². The van der Waals surface area contributed by atoms with Crippen LogP contribution < -0.4 is 21.3 Å². The van der Waals surface area contributed by atoms with Gasteiger partial charge < -0.3 is 25.7 Å². The molecular formula is C34H39ClN4O6. The number of rotatable bonds is 12. The fourth-order valence-electron chi connectivity index (χ4n) is 6.24. The van der Waals surface area contributed by atoms with Crippen LogP contribution in [0.4, 0.5) is 0 Å². The van der Waals surface area contributed by atoms with E-state index in [4.69, 9.17) is 16.0 Å². The van der Waals surface area contributed by atoms with Gasteiger partial charge in [-0.05, 0) is 49.3 Å². The molecule has 10 nitrogen and oxygen atoms in total. The highest BCUT2D eigenvalue weighted by molar-refractivity contribution is 6.39. The monoisotopic (exact) mass is 634 g/mol. The molecule has 1 aliphatic carbocycles. The van der Waals surface area contributed by atoms with Gasteiger partial charge in [0.15, 0.2) is 0 Å². The Balaban J connectivity index is 1.35. The van der Waals surface area contributed by atoms with E-state index < -0.39 is 41.5 Å². The number of piperidine rings is 1. The number of hydrogen-bond donors (Lipinski definition) is 4. The fraction of sp³-hybridized carbons (Fsp3) is 0.441. The normalized spacial score (nSPS) is 18.4. The van der Waals surface area contributed by atoms with Crippen molar-refractivity contribution in [3.63, 3.8) is 0 Å². The van der Waals surface area contributed by atoms with Crippen molar-refractivity contribution in [2.24, 2.45) is 11.8 Å². The molecule has 2 fully saturated rings. The maximum absolute atomic E-state index is 13.9. The third-order valence-corrected chi connectivity index (χ3v) is 9.10. The zero-order valence-electron chi connectivity index (χ0n) is 25.1. The first kappa shape index (κ1) is 32.2. The van der Waals surface area contributed by atoms with Crippen LogP contribution in [0.3, 0.4) is 0 Å². The number of halogens is 1. The molecule has 2 heterocycles. The molecule has 5 rings (SSSR count). The third-order valence-electron chi connectivity index (χ3n) is 8.73. The van der Waals surface area contributed by atoms with Crippen molar-refractivity contribution < 1.29 is 28.4 Å². The van der Waals surface area contributed by atoms with E-state index >= 15 is 0 Å². The van der Waals surface area contributed by atoms with Crippen LogP contribution >= 0.6 is 11.6 Å². The summed E-state index contributed by atoms with van der Waals surface area (Å²) in [7, 11) is 0. The van der Waals surface area contributed by atoms with Gasteiger partial charge in [0.05, 0.1) is 11.1 Å². The molecule has 0 bridgehead atoms. The first-order valence-corrected chi connectivity index (χ1v) is 16.1. The molecule has 2 aliphatic rings. The Labute approximate surface area is 267 Å². The van der Waals surface area contributed by atoms with E-state index in [0.29, 0.717) is 30.4 Å². The molecule has 11 heteroatoms. The number of carbonyl (C=O) groups excluding carboxylic acids is 5. The number of furan rings is 1. The van der Waals surface area contributed by atoms with Gasteiger partial charge in [-0.2, -0.15) is 0 Å². The standard InChI is InChI=1S/C34H39ClN4O6/c35-28-24-15-7-8-16-27(24)45-30(28)34(44)39-26(18-21-10-3-1-4-11-21)32(42)38-25(19-23-14-9-17-36-31(23)41)29(40)33(43)37-20-22-12-5-2-6-13-22/h2,5-8,12-13,15-16,21,23,25-26H,1,3-4,9-11,14,17-20H2,(H,36,41)(H,37,43)(H,38,42)(H,39,44)/t23-,25-,26-/m0/s1. The molecule has 1 aliphatic heterocycles. The molecule has 0 radical (unpaired) electrons. The number of fused-ring (bicyclic) bond motifs is 1. The summed E-state index contributed by atoms with van der Waals surface area (Å²) in [5.41, 5.74) is 1.25. The van der Waals surface area contributed by atoms with Crippen LogP contribution in [0.1, 0.15) is 73.9 Å². The summed E-state index contributed by atoms with van der Waals surface area (Å²) < 4.78 is 5.73. The van der Waals surface area contributed by atoms with E-state index in [0.717, 1.165) is 44.1 Å². The summed E-state index contributed by atoms with van der Waals surface area (Å²) >= 11 is 6.48. The first-order chi connectivity index (χ1) is 21.8. The lowest BCUT2D eigenvalue weighted by Gasteiger charge is -2.29. The van der Waals surface area contributed by atoms with E-state index in [2.05, 4.69) is 21.3 Å². The quantitative estimate of drug-likeness (QED) is 0.217. The lowest BCUT2D eigenvalue weighted by atomic mass is 9.84. The van der Waals surface area contributed by atoms with Gasteiger partial charge in [0.1, 0.15) is 11.6 Å². The smallest absolute Gasteiger partial charge is 0.289 e. The van der Waals surface area contributed by atoms with Gasteiger partial charge >= 0.3 is 0 Å². The summed E-state index contributed by atoms with van der Waals surface area (Å²) in [5, 5.41) is 11.7. The van der Waals surface area contributed by atoms with Crippen LogP contribution in [0, 0.1) is 11.8 Å². The molecule has 0 spiro atoms. The van der Waals surface area contributed by atoms with Crippen molar-refractivity contribution in [1.82, 2.24) is 21.3 Å². The van der Waals surface area contributed by atoms with Gasteiger partial charge in [-0.15, -0.1) is 0 Å². The minimum atomic E-state index is -1.26. The van der Waals surface area contributed by atoms with Crippen LogP contribution in [-0.2, 0) is 25.7 Å². The minimum absolute atomic E-state index is 0.0331. The molecule has 1 saturated carbocycles. The molecular weight excluding hydrogens is 596 g/mol. The van der Waals surface area contributed by atoms with E-state index in [1.54, 1.807) is 24.3 Å². The Bertz CT molecular complexity index is 1530. The number of ketones is 1. The second-order valence-corrected chi connectivity index (χ2v) is 12.3. The summed E-state index contributed by atoms with van der Waals surface area (Å²) in [6, 6.07) is 13.9. The van der Waals surface area contributed by atoms with Crippen LogP contribution in [0.2, 0.25) is 5.02 Å². The molecule has 3 aromatic rings. The fourth-order valence-corrected chi connectivity index (χ4v) is 6.52. The van der Waals surface area contributed by atoms with Gasteiger partial charge in [0, 0.05) is 24.4 Å². The van der Waals surface area contributed by atoms with Crippen LogP contribution in [0.25, 0.3) is 11.0 Å². The summed E-state index contributed by atoms with van der Waals surface area (Å²) in [6.07, 6.45) is 6.58. The average Bonchev–Trinajstić information content (AvgIpc) is 3.40. The second-order valence-electron chi connectivity index (χ2n) is 12.0. The maximum Gasteiger partial charge on any atom is 0.289 e. The van der Waals surface area contributed by atoms with Crippen molar-refractivity contribution in [1.29, 1.82) is 0 Å². The summed E-state index contributed by atoms with van der Waals surface area (Å²) in [4.78, 5) is 66.5. The molecule has 2 aromatic carbocycles. The van der Waals surface area contributed by atoms with Gasteiger partial charge in [0.2, 0.25) is 23.4 Å². The first-order valence-electron chi connectivity index (χ1n) is 15.7. The number of nitrogens with one attached hydrogen (secondary N) is 4. The minimum Gasteiger partial charge on any atom is -0.449 e. The maximum atomic E-state index is 13.9. The SMILES string of the molecule is O=C(NCc1ccccc1)C(=O)[C@H](C[C@@H]1CCCNC1=O)NC(=O)[C@H](CC1CCCCC1)NC(=O)c1oc2ccccc2c1Cl. The van der Waals surface area contributed by atoms with Gasteiger partial charge in [-0.1, -0.05) is 86.2 Å². The van der Waals surface area contributed by atoms with E-state index in [9.17, 15) is 24.0 Å². The number of Topliss-reactive ketones (excluding diaryl/α,β-unsaturated/α-hetero) is 1. The van der Waals surface area contributed by atoms with Gasteiger partial charge in [0.25, 0.3) is 11.8 Å². The summed E-state index contributed by atoms with van der Waals surface area (Å²) in [6.45, 7) is 0.673. The van der Waals surface area contributed by atoms with Crippen molar-refractivity contribution in [2.45, 2.75) is 76.4 Å². The topological polar surface area (TPSA) is 147 Å². The Morgan fingerprint density at radius 2 is 1.60 bits per heavy atom. The van der Waals surface area contributed by atoms with Crippen LogP contribution in [0.15, 0.2) is 59.0 Å². The Kier molecular flexibility index (Phi) is 10.9. The Morgan fingerprint density at radius 1 is 0.867 bits per heavy atom. The molecule has 4 N–H and O–H groups in total.